The molecule has 7 aromatic rings. The topological polar surface area (TPSA) is 37.5 Å². The van der Waals surface area contributed by atoms with E-state index in [1.807, 2.05) is 0 Å². The summed E-state index contributed by atoms with van der Waals surface area (Å²) >= 11 is 0. The van der Waals surface area contributed by atoms with Crippen LogP contribution in [0.2, 0.25) is 0 Å². The third-order valence-corrected chi connectivity index (χ3v) is 13.9. The van der Waals surface area contributed by atoms with E-state index in [1.54, 1.807) is 0 Å². The molecule has 0 bridgehead atoms. The molecule has 296 valence electrons. The minimum Gasteiger partial charge on any atom is -0.381 e. The van der Waals surface area contributed by atoms with Gasteiger partial charge in [0, 0.05) is 43.7 Å². The molecule has 1 atom stereocenters. The van der Waals surface area contributed by atoms with Gasteiger partial charge >= 0.3 is 0 Å². The zero-order valence-electron chi connectivity index (χ0n) is 34.2. The Morgan fingerprint density at radius 3 is 1.93 bits per heavy atom. The van der Waals surface area contributed by atoms with Crippen molar-refractivity contribution in [3.05, 3.63) is 144 Å². The summed E-state index contributed by atoms with van der Waals surface area (Å²) in [5.74, 6) is 0. The van der Waals surface area contributed by atoms with Crippen molar-refractivity contribution in [3.8, 4) is 5.69 Å². The molecule has 2 fully saturated rings. The van der Waals surface area contributed by atoms with Gasteiger partial charge in [-0.25, -0.2) is 0 Å². The summed E-state index contributed by atoms with van der Waals surface area (Å²) in [6, 6.07) is 41.1. The molecule has 5 aromatic carbocycles. The Hall–Kier alpha value is -4.94. The standard InChI is InChI=1S/C53H56N2O3/c1-3-52(26-11-27-52)34-56-28-24-38-20-22-50-46(30-38)44-16-5-7-18-48(44)54(50)42-14-9-12-40(32-42)41-13-10-15-43(33-41)55-49-19-8-6-17-45(49)47-31-39(21-23-51(47)55)25-29-57-35-53(4-2)36-58-37-53/h5-10,12-13,15-23,30-33,42H,3-4,11,14,24-29,34-37H2,1-2H3. The molecule has 5 nitrogen and oxygen atoms in total. The monoisotopic (exact) mass is 768 g/mol. The number of hydrogen-bond acceptors (Lipinski definition) is 3. The van der Waals surface area contributed by atoms with Crippen LogP contribution in [-0.4, -0.2) is 48.8 Å². The van der Waals surface area contributed by atoms with Crippen LogP contribution in [0.4, 0.5) is 0 Å². The maximum Gasteiger partial charge on any atom is 0.0566 e. The smallest absolute Gasteiger partial charge is 0.0566 e. The Kier molecular flexibility index (Phi) is 10.1. The molecule has 2 aromatic heterocycles. The number of hydrogen-bond donors (Lipinski definition) is 0. The highest BCUT2D eigenvalue weighted by atomic mass is 16.5. The summed E-state index contributed by atoms with van der Waals surface area (Å²) in [6.07, 6.45) is 16.3. The summed E-state index contributed by atoms with van der Waals surface area (Å²) in [5.41, 5.74) is 12.0. The van der Waals surface area contributed by atoms with Gasteiger partial charge in [0.2, 0.25) is 0 Å². The number of aromatic nitrogens is 2. The fraction of sp³-hybridized carbons (Fsp3) is 0.358. The van der Waals surface area contributed by atoms with Crippen LogP contribution in [0.15, 0.2) is 127 Å². The minimum atomic E-state index is 0.207. The van der Waals surface area contributed by atoms with Crippen molar-refractivity contribution < 1.29 is 14.2 Å². The highest BCUT2D eigenvalue weighted by molar-refractivity contribution is 6.10. The lowest BCUT2D eigenvalue weighted by Crippen LogP contribution is -2.45. The van der Waals surface area contributed by atoms with Gasteiger partial charge in [0.15, 0.2) is 0 Å². The second kappa shape index (κ2) is 15.7. The van der Waals surface area contributed by atoms with Crippen molar-refractivity contribution >= 4 is 49.2 Å². The molecule has 1 unspecified atom stereocenters. The van der Waals surface area contributed by atoms with Crippen LogP contribution in [-0.2, 0) is 27.1 Å². The van der Waals surface area contributed by atoms with Crippen LogP contribution >= 0.6 is 0 Å². The lowest BCUT2D eigenvalue weighted by molar-refractivity contribution is -0.149. The fourth-order valence-corrected chi connectivity index (χ4v) is 9.89. The van der Waals surface area contributed by atoms with Crippen molar-refractivity contribution in [2.75, 3.05) is 39.6 Å². The number of fused-ring (bicyclic) bond motifs is 6. The molecule has 0 radical (unpaired) electrons. The predicted octanol–water partition coefficient (Wildman–Crippen LogP) is 12.6. The van der Waals surface area contributed by atoms with E-state index < -0.39 is 0 Å². The van der Waals surface area contributed by atoms with Crippen LogP contribution in [0, 0.1) is 10.8 Å². The maximum absolute atomic E-state index is 6.27. The lowest BCUT2D eigenvalue weighted by Gasteiger charge is -2.40. The Morgan fingerprint density at radius 2 is 1.26 bits per heavy atom. The van der Waals surface area contributed by atoms with E-state index in [0.29, 0.717) is 5.41 Å². The van der Waals surface area contributed by atoms with Crippen molar-refractivity contribution in [1.82, 2.24) is 9.13 Å². The van der Waals surface area contributed by atoms with Crippen molar-refractivity contribution in [2.45, 2.75) is 71.3 Å². The fourth-order valence-electron chi connectivity index (χ4n) is 9.89. The first-order valence-electron chi connectivity index (χ1n) is 21.8. The summed E-state index contributed by atoms with van der Waals surface area (Å²) in [6.45, 7) is 9.40. The highest BCUT2D eigenvalue weighted by Crippen LogP contribution is 2.44. The second-order valence-electron chi connectivity index (χ2n) is 17.5. The van der Waals surface area contributed by atoms with E-state index in [4.69, 9.17) is 14.2 Å². The molecule has 0 spiro atoms. The van der Waals surface area contributed by atoms with E-state index in [0.717, 1.165) is 65.3 Å². The molecule has 1 saturated carbocycles. The first-order chi connectivity index (χ1) is 28.6. The quantitative estimate of drug-likeness (QED) is 0.0975. The second-order valence-corrected chi connectivity index (χ2v) is 17.5. The van der Waals surface area contributed by atoms with Crippen LogP contribution in [0.3, 0.4) is 0 Å². The Labute approximate surface area is 342 Å². The Morgan fingerprint density at radius 1 is 0.638 bits per heavy atom. The molecule has 1 aliphatic heterocycles. The number of benzene rings is 5. The van der Waals surface area contributed by atoms with Crippen LogP contribution in [0.1, 0.15) is 75.1 Å². The summed E-state index contributed by atoms with van der Waals surface area (Å²) in [4.78, 5) is 0. The zero-order chi connectivity index (χ0) is 39.1. The van der Waals surface area contributed by atoms with E-state index >= 15 is 0 Å². The molecule has 3 heterocycles. The van der Waals surface area contributed by atoms with Gasteiger partial charge in [0.05, 0.1) is 56.7 Å². The summed E-state index contributed by atoms with van der Waals surface area (Å²) in [7, 11) is 0. The molecule has 2 aliphatic carbocycles. The first-order valence-corrected chi connectivity index (χ1v) is 21.8. The Balaban J connectivity index is 0.922. The average molecular weight is 769 g/mol. The molecule has 10 rings (SSSR count). The molecule has 0 N–H and O–H groups in total. The van der Waals surface area contributed by atoms with Crippen molar-refractivity contribution in [2.24, 2.45) is 10.8 Å². The minimum absolute atomic E-state index is 0.207. The molecule has 58 heavy (non-hydrogen) atoms. The van der Waals surface area contributed by atoms with Crippen LogP contribution in [0.5, 0.6) is 0 Å². The number of ether oxygens (including phenoxy) is 3. The first kappa shape index (κ1) is 37.3. The lowest BCUT2D eigenvalue weighted by atomic mass is 9.68. The van der Waals surface area contributed by atoms with E-state index in [2.05, 4.69) is 150 Å². The molecule has 0 amide bonds. The number of rotatable bonds is 15. The van der Waals surface area contributed by atoms with Crippen LogP contribution < -0.4 is 0 Å². The number of nitrogens with zero attached hydrogens (tertiary/aromatic N) is 2. The average Bonchev–Trinajstić information content (AvgIpc) is 3.75. The van der Waals surface area contributed by atoms with Crippen molar-refractivity contribution in [1.29, 1.82) is 0 Å². The molecular weight excluding hydrogens is 713 g/mol. The normalized spacial score (nSPS) is 18.5. The van der Waals surface area contributed by atoms with Gasteiger partial charge in [0.25, 0.3) is 0 Å². The largest absolute Gasteiger partial charge is 0.381 e. The molecular formula is C53H56N2O3. The Bertz CT molecular complexity index is 2660. The van der Waals surface area contributed by atoms with Gasteiger partial charge < -0.3 is 23.3 Å². The summed E-state index contributed by atoms with van der Waals surface area (Å²) < 4.78 is 23.0. The maximum atomic E-state index is 6.27. The summed E-state index contributed by atoms with van der Waals surface area (Å²) in [5, 5.41) is 5.22. The van der Waals surface area contributed by atoms with E-state index in [9.17, 15) is 0 Å². The van der Waals surface area contributed by atoms with Crippen molar-refractivity contribution in [3.63, 3.8) is 0 Å². The van der Waals surface area contributed by atoms with Gasteiger partial charge in [-0.05, 0) is 121 Å². The van der Waals surface area contributed by atoms with E-state index in [1.165, 1.54) is 97.2 Å². The van der Waals surface area contributed by atoms with E-state index in [-0.39, 0.29) is 11.5 Å². The van der Waals surface area contributed by atoms with Gasteiger partial charge in [0.1, 0.15) is 0 Å². The molecule has 5 heteroatoms. The third-order valence-electron chi connectivity index (χ3n) is 13.9. The zero-order valence-corrected chi connectivity index (χ0v) is 34.2. The van der Waals surface area contributed by atoms with Gasteiger partial charge in [-0.2, -0.15) is 0 Å². The number of allylic oxidation sites excluding steroid dienone is 4. The highest BCUT2D eigenvalue weighted by Gasteiger charge is 2.37. The molecule has 3 aliphatic rings. The van der Waals surface area contributed by atoms with Gasteiger partial charge in [-0.15, -0.1) is 0 Å². The van der Waals surface area contributed by atoms with Gasteiger partial charge in [-0.3, -0.25) is 0 Å². The number of para-hydroxylation sites is 2. The third kappa shape index (κ3) is 6.81. The predicted molar refractivity (Wildman–Crippen MR) is 240 cm³/mol. The SMILES string of the molecule is CCC1(COCCc2ccc3c(c2)c2ccccc2n3C2C=C(c3cccc(-n4c5ccccc5c5cc(CCOCC6(CC)COC6)ccc54)c3)C=CC2)CCC1. The van der Waals surface area contributed by atoms with Crippen LogP contribution in [0.25, 0.3) is 54.9 Å². The molecule has 1 saturated heterocycles. The van der Waals surface area contributed by atoms with Gasteiger partial charge in [-0.1, -0.05) is 99.2 Å².